The summed E-state index contributed by atoms with van der Waals surface area (Å²) in [6.07, 6.45) is 0.528. The van der Waals surface area contributed by atoms with Gasteiger partial charge in [-0.15, -0.1) is 0 Å². The van der Waals surface area contributed by atoms with Gasteiger partial charge in [0.05, 0.1) is 7.11 Å². The number of methoxy groups -OCH3 is 1. The van der Waals surface area contributed by atoms with E-state index in [9.17, 15) is 18.3 Å². The maximum atomic E-state index is 14.3. The van der Waals surface area contributed by atoms with Crippen molar-refractivity contribution < 1.29 is 23.0 Å². The first-order valence-corrected chi connectivity index (χ1v) is 9.34. The van der Waals surface area contributed by atoms with Crippen molar-refractivity contribution in [2.75, 3.05) is 33.4 Å². The maximum Gasteiger partial charge on any atom is 0.163 e. The fraction of sp³-hybridized carbons (Fsp3) is 0.429. The Morgan fingerprint density at radius 2 is 1.86 bits per heavy atom. The molecule has 7 heteroatoms. The van der Waals surface area contributed by atoms with Crippen LogP contribution in [0.2, 0.25) is 0 Å². The summed E-state index contributed by atoms with van der Waals surface area (Å²) in [7, 11) is 1.49. The topological polar surface area (TPSA) is 35.9 Å². The lowest BCUT2D eigenvalue weighted by molar-refractivity contribution is 0.0487. The summed E-state index contributed by atoms with van der Waals surface area (Å²) in [6, 6.07) is 8.98. The van der Waals surface area contributed by atoms with E-state index >= 15 is 0 Å². The van der Waals surface area contributed by atoms with E-state index in [0.29, 0.717) is 56.0 Å². The highest BCUT2D eigenvalue weighted by Gasteiger charge is 2.28. The predicted molar refractivity (Wildman–Crippen MR) is 100 cm³/mol. The smallest absolute Gasteiger partial charge is 0.163 e. The van der Waals surface area contributed by atoms with E-state index in [0.717, 1.165) is 6.07 Å². The van der Waals surface area contributed by atoms with Gasteiger partial charge in [-0.05, 0) is 18.6 Å². The molecule has 0 aliphatic carbocycles. The van der Waals surface area contributed by atoms with E-state index in [1.165, 1.54) is 19.2 Å². The second kappa shape index (κ2) is 9.41. The van der Waals surface area contributed by atoms with Gasteiger partial charge in [-0.2, -0.15) is 0 Å². The fourth-order valence-corrected chi connectivity index (χ4v) is 3.65. The average molecular weight is 394 g/mol. The normalized spacial score (nSPS) is 18.4. The van der Waals surface area contributed by atoms with Gasteiger partial charge in [0.15, 0.2) is 11.6 Å². The lowest BCUT2D eigenvalue weighted by atomic mass is 10.1. The highest BCUT2D eigenvalue weighted by atomic mass is 19.2. The number of piperazine rings is 1. The van der Waals surface area contributed by atoms with E-state index in [2.05, 4.69) is 4.90 Å². The molecule has 4 nitrogen and oxygen atoms in total. The molecular weight excluding hydrogens is 369 g/mol. The number of hydrogen-bond acceptors (Lipinski definition) is 4. The first-order chi connectivity index (χ1) is 13.5. The number of aliphatic hydroxyl groups is 1. The number of benzene rings is 2. The third-order valence-electron chi connectivity index (χ3n) is 5.21. The fourth-order valence-electron chi connectivity index (χ4n) is 3.65. The molecule has 1 atom stereocenters. The minimum absolute atomic E-state index is 0.00290. The summed E-state index contributed by atoms with van der Waals surface area (Å²) in [5, 5.41) is 9.44. The second-order valence-corrected chi connectivity index (χ2v) is 7.04. The van der Waals surface area contributed by atoms with Gasteiger partial charge in [-0.3, -0.25) is 9.80 Å². The third-order valence-corrected chi connectivity index (χ3v) is 5.21. The third kappa shape index (κ3) is 4.84. The molecule has 0 unspecified atom stereocenters. The molecule has 3 rings (SSSR count). The molecule has 1 heterocycles. The molecule has 0 aromatic heterocycles. The zero-order valence-electron chi connectivity index (χ0n) is 15.9. The first kappa shape index (κ1) is 20.6. The predicted octanol–water partition coefficient (Wildman–Crippen LogP) is 3.18. The van der Waals surface area contributed by atoms with E-state index in [1.54, 1.807) is 18.2 Å². The number of aliphatic hydroxyl groups excluding tert-OH is 1. The van der Waals surface area contributed by atoms with Gasteiger partial charge < -0.3 is 9.84 Å². The van der Waals surface area contributed by atoms with Crippen molar-refractivity contribution in [3.63, 3.8) is 0 Å². The van der Waals surface area contributed by atoms with Gasteiger partial charge in [0.2, 0.25) is 0 Å². The van der Waals surface area contributed by atoms with Crippen LogP contribution in [0, 0.1) is 17.5 Å². The molecule has 28 heavy (non-hydrogen) atoms. The van der Waals surface area contributed by atoms with Gasteiger partial charge in [0.25, 0.3) is 0 Å². The van der Waals surface area contributed by atoms with Crippen LogP contribution in [0.25, 0.3) is 0 Å². The van der Waals surface area contributed by atoms with Crippen LogP contribution in [-0.4, -0.2) is 54.3 Å². The standard InChI is InChI=1S/C21H25F3N2O2/c1-28-18-6-5-15(20(23)11-18)13-26-9-8-25(14-17(26)7-10-27)12-16-3-2-4-19(22)21(16)24/h2-6,11,17,27H,7-10,12-14H2,1H3/t17-/m1/s1. The molecule has 1 aliphatic heterocycles. The lowest BCUT2D eigenvalue weighted by Crippen LogP contribution is -2.52. The van der Waals surface area contributed by atoms with Crippen molar-refractivity contribution in [2.24, 2.45) is 0 Å². The Balaban J connectivity index is 1.68. The Morgan fingerprint density at radius 3 is 2.57 bits per heavy atom. The molecule has 0 bridgehead atoms. The summed E-state index contributed by atoms with van der Waals surface area (Å²) in [4.78, 5) is 4.17. The molecule has 1 fully saturated rings. The monoisotopic (exact) mass is 394 g/mol. The van der Waals surface area contributed by atoms with Crippen LogP contribution >= 0.6 is 0 Å². The Hall–Kier alpha value is -2.09. The molecule has 1 N–H and O–H groups in total. The van der Waals surface area contributed by atoms with Crippen LogP contribution in [0.4, 0.5) is 13.2 Å². The minimum Gasteiger partial charge on any atom is -0.497 e. The molecule has 2 aromatic carbocycles. The van der Waals surface area contributed by atoms with Crippen LogP contribution in [0.3, 0.4) is 0 Å². The van der Waals surface area contributed by atoms with Crippen molar-refractivity contribution in [3.8, 4) is 5.75 Å². The van der Waals surface area contributed by atoms with Crippen LogP contribution in [0.1, 0.15) is 17.5 Å². The van der Waals surface area contributed by atoms with Crippen molar-refractivity contribution in [1.82, 2.24) is 9.80 Å². The van der Waals surface area contributed by atoms with Crippen molar-refractivity contribution >= 4 is 0 Å². The zero-order valence-corrected chi connectivity index (χ0v) is 15.9. The van der Waals surface area contributed by atoms with E-state index in [1.807, 2.05) is 4.90 Å². The lowest BCUT2D eigenvalue weighted by Gasteiger charge is -2.41. The number of halogens is 3. The van der Waals surface area contributed by atoms with Crippen LogP contribution < -0.4 is 4.74 Å². The van der Waals surface area contributed by atoms with Crippen LogP contribution in [0.15, 0.2) is 36.4 Å². The van der Waals surface area contributed by atoms with E-state index < -0.39 is 11.6 Å². The Bertz CT molecular complexity index is 803. The number of nitrogens with zero attached hydrogens (tertiary/aromatic N) is 2. The number of rotatable bonds is 7. The largest absolute Gasteiger partial charge is 0.497 e. The molecule has 2 aromatic rings. The average Bonchev–Trinajstić information content (AvgIpc) is 2.69. The molecule has 152 valence electrons. The zero-order chi connectivity index (χ0) is 20.1. The summed E-state index contributed by atoms with van der Waals surface area (Å²) < 4.78 is 46.8. The molecule has 0 radical (unpaired) electrons. The Morgan fingerprint density at radius 1 is 1.04 bits per heavy atom. The first-order valence-electron chi connectivity index (χ1n) is 9.34. The molecule has 0 saturated carbocycles. The van der Waals surface area contributed by atoms with Gasteiger partial charge in [-0.1, -0.05) is 18.2 Å². The molecular formula is C21H25F3N2O2. The van der Waals surface area contributed by atoms with Crippen LogP contribution in [-0.2, 0) is 13.1 Å². The SMILES string of the molecule is COc1ccc(CN2CCN(Cc3cccc(F)c3F)C[C@H]2CCO)c(F)c1. The van der Waals surface area contributed by atoms with Crippen molar-refractivity contribution in [2.45, 2.75) is 25.6 Å². The highest BCUT2D eigenvalue weighted by molar-refractivity contribution is 5.29. The Kier molecular flexibility index (Phi) is 6.93. The van der Waals surface area contributed by atoms with Crippen molar-refractivity contribution in [3.05, 3.63) is 65.0 Å². The summed E-state index contributed by atoms with van der Waals surface area (Å²) >= 11 is 0. The highest BCUT2D eigenvalue weighted by Crippen LogP contribution is 2.23. The maximum absolute atomic E-state index is 14.3. The Labute approximate surface area is 163 Å². The summed E-state index contributed by atoms with van der Waals surface area (Å²) in [5.74, 6) is -1.52. The molecule has 1 aliphatic rings. The van der Waals surface area contributed by atoms with E-state index in [-0.39, 0.29) is 18.5 Å². The van der Waals surface area contributed by atoms with E-state index in [4.69, 9.17) is 4.74 Å². The second-order valence-electron chi connectivity index (χ2n) is 7.04. The van der Waals surface area contributed by atoms with Gasteiger partial charge >= 0.3 is 0 Å². The minimum atomic E-state index is -0.849. The summed E-state index contributed by atoms with van der Waals surface area (Å²) in [6.45, 7) is 2.62. The van der Waals surface area contributed by atoms with Crippen LogP contribution in [0.5, 0.6) is 5.75 Å². The molecule has 0 spiro atoms. The van der Waals surface area contributed by atoms with Gasteiger partial charge in [0, 0.05) is 62.6 Å². The molecule has 0 amide bonds. The number of hydrogen-bond donors (Lipinski definition) is 1. The van der Waals surface area contributed by atoms with Crippen molar-refractivity contribution in [1.29, 1.82) is 0 Å². The molecule has 1 saturated heterocycles. The number of ether oxygens (including phenoxy) is 1. The summed E-state index contributed by atoms with van der Waals surface area (Å²) in [5.41, 5.74) is 0.880. The van der Waals surface area contributed by atoms with Gasteiger partial charge in [-0.25, -0.2) is 13.2 Å². The van der Waals surface area contributed by atoms with Gasteiger partial charge in [0.1, 0.15) is 11.6 Å². The quantitative estimate of drug-likeness (QED) is 0.783.